The van der Waals surface area contributed by atoms with Gasteiger partial charge in [0.15, 0.2) is 11.8 Å². The first kappa shape index (κ1) is 23.5. The van der Waals surface area contributed by atoms with Crippen molar-refractivity contribution in [1.82, 2.24) is 14.9 Å². The highest BCUT2D eigenvalue weighted by Gasteiger charge is 2.14. The van der Waals surface area contributed by atoms with Crippen molar-refractivity contribution in [2.75, 3.05) is 25.0 Å². The van der Waals surface area contributed by atoms with Crippen molar-refractivity contribution >= 4 is 17.7 Å². The smallest absolute Gasteiger partial charge is 0.294 e. The number of carbonyl (C=O) groups excluding carboxylic acids is 1. The van der Waals surface area contributed by atoms with Gasteiger partial charge in [0.1, 0.15) is 6.54 Å². The van der Waals surface area contributed by atoms with Gasteiger partial charge in [-0.25, -0.2) is 4.98 Å². The van der Waals surface area contributed by atoms with E-state index >= 15 is 0 Å². The SMILES string of the molecule is NC(N)=NCCCNC(=O)Cn1c(-c2ccccc2)cnc(NCCc2ccccc2)c1=O. The first-order chi connectivity index (χ1) is 16.0. The summed E-state index contributed by atoms with van der Waals surface area (Å²) in [4.78, 5) is 34.0. The average Bonchev–Trinajstić information content (AvgIpc) is 2.82. The summed E-state index contributed by atoms with van der Waals surface area (Å²) in [6.45, 7) is 1.25. The largest absolute Gasteiger partial charge is 0.370 e. The molecule has 3 aromatic rings. The number of nitrogens with two attached hydrogens (primary N) is 2. The molecule has 0 fully saturated rings. The van der Waals surface area contributed by atoms with E-state index in [0.29, 0.717) is 31.7 Å². The second-order valence-electron chi connectivity index (χ2n) is 7.42. The molecule has 9 heteroatoms. The predicted octanol–water partition coefficient (Wildman–Crippen LogP) is 1.34. The highest BCUT2D eigenvalue weighted by molar-refractivity contribution is 5.77. The highest BCUT2D eigenvalue weighted by atomic mass is 16.2. The Morgan fingerprint density at radius 2 is 1.70 bits per heavy atom. The Labute approximate surface area is 192 Å². The lowest BCUT2D eigenvalue weighted by molar-refractivity contribution is -0.121. The number of hydrogen-bond acceptors (Lipinski definition) is 5. The quantitative estimate of drug-likeness (QED) is 0.199. The zero-order chi connectivity index (χ0) is 23.5. The van der Waals surface area contributed by atoms with Crippen LogP contribution in [-0.4, -0.2) is 41.1 Å². The number of nitrogens with zero attached hydrogens (tertiary/aromatic N) is 3. The lowest BCUT2D eigenvalue weighted by Crippen LogP contribution is -2.35. The normalized spacial score (nSPS) is 10.4. The Balaban J connectivity index is 1.73. The second-order valence-corrected chi connectivity index (χ2v) is 7.42. The van der Waals surface area contributed by atoms with Gasteiger partial charge >= 0.3 is 0 Å². The van der Waals surface area contributed by atoms with Crippen LogP contribution in [0.5, 0.6) is 0 Å². The van der Waals surface area contributed by atoms with E-state index in [4.69, 9.17) is 11.5 Å². The van der Waals surface area contributed by atoms with Crippen molar-refractivity contribution in [3.8, 4) is 11.3 Å². The van der Waals surface area contributed by atoms with Crippen LogP contribution >= 0.6 is 0 Å². The second kappa shape index (κ2) is 12.0. The number of anilines is 1. The summed E-state index contributed by atoms with van der Waals surface area (Å²) >= 11 is 0. The third-order valence-electron chi connectivity index (χ3n) is 4.93. The van der Waals surface area contributed by atoms with Crippen molar-refractivity contribution in [2.24, 2.45) is 16.5 Å². The van der Waals surface area contributed by atoms with Gasteiger partial charge in [0.25, 0.3) is 5.56 Å². The summed E-state index contributed by atoms with van der Waals surface area (Å²) in [7, 11) is 0. The molecule has 0 bridgehead atoms. The van der Waals surface area contributed by atoms with Gasteiger partial charge in [-0.05, 0) is 24.0 Å². The van der Waals surface area contributed by atoms with Crippen molar-refractivity contribution < 1.29 is 4.79 Å². The Bertz CT molecular complexity index is 1120. The summed E-state index contributed by atoms with van der Waals surface area (Å²) in [5, 5.41) is 5.91. The number of hydrogen-bond donors (Lipinski definition) is 4. The molecule has 9 nitrogen and oxygen atoms in total. The van der Waals surface area contributed by atoms with Crippen LogP contribution in [0.15, 0.2) is 76.6 Å². The Hall–Kier alpha value is -4.14. The molecule has 0 saturated heterocycles. The molecular formula is C24H29N7O2. The minimum atomic E-state index is -0.347. The third-order valence-corrected chi connectivity index (χ3v) is 4.93. The van der Waals surface area contributed by atoms with Crippen molar-refractivity contribution in [3.63, 3.8) is 0 Å². The van der Waals surface area contributed by atoms with Gasteiger partial charge in [0, 0.05) is 19.6 Å². The van der Waals surface area contributed by atoms with Crippen LogP contribution in [0.1, 0.15) is 12.0 Å². The van der Waals surface area contributed by atoms with Gasteiger partial charge in [-0.2, -0.15) is 0 Å². The van der Waals surface area contributed by atoms with Gasteiger partial charge in [0.2, 0.25) is 5.91 Å². The van der Waals surface area contributed by atoms with Crippen LogP contribution in [-0.2, 0) is 17.8 Å². The van der Waals surface area contributed by atoms with E-state index in [2.05, 4.69) is 20.6 Å². The Kier molecular flexibility index (Phi) is 8.58. The fourth-order valence-corrected chi connectivity index (χ4v) is 3.29. The summed E-state index contributed by atoms with van der Waals surface area (Å²) < 4.78 is 1.44. The number of rotatable bonds is 11. The maximum atomic E-state index is 13.2. The van der Waals surface area contributed by atoms with E-state index in [-0.39, 0.29) is 29.8 Å². The molecule has 0 saturated carbocycles. The summed E-state index contributed by atoms with van der Waals surface area (Å²) in [5.41, 5.74) is 12.8. The van der Waals surface area contributed by atoms with Crippen LogP contribution in [0.25, 0.3) is 11.3 Å². The summed E-state index contributed by atoms with van der Waals surface area (Å²) in [5.74, 6) is -0.0453. The van der Waals surface area contributed by atoms with Gasteiger partial charge in [0.05, 0.1) is 11.9 Å². The molecule has 0 spiro atoms. The van der Waals surface area contributed by atoms with Crippen molar-refractivity contribution in [1.29, 1.82) is 0 Å². The van der Waals surface area contributed by atoms with Gasteiger partial charge in [-0.15, -0.1) is 0 Å². The lowest BCUT2D eigenvalue weighted by Gasteiger charge is -2.15. The number of guanidine groups is 1. The maximum absolute atomic E-state index is 13.2. The third kappa shape index (κ3) is 7.20. The molecule has 6 N–H and O–H groups in total. The van der Waals surface area contributed by atoms with E-state index < -0.39 is 0 Å². The minimum Gasteiger partial charge on any atom is -0.370 e. The molecular weight excluding hydrogens is 418 g/mol. The number of aliphatic imine (C=N–C) groups is 1. The zero-order valence-electron chi connectivity index (χ0n) is 18.4. The molecule has 0 radical (unpaired) electrons. The van der Waals surface area contributed by atoms with Gasteiger partial charge < -0.3 is 22.1 Å². The van der Waals surface area contributed by atoms with Crippen LogP contribution in [0.3, 0.4) is 0 Å². The van der Waals surface area contributed by atoms with Gasteiger partial charge in [-0.3, -0.25) is 19.1 Å². The van der Waals surface area contributed by atoms with Crippen LogP contribution in [0.2, 0.25) is 0 Å². The standard InChI is InChI=1S/C24H29N7O2/c25-24(26)29-14-7-13-27-21(32)17-31-20(19-10-5-2-6-11-19)16-30-22(23(31)33)28-15-12-18-8-3-1-4-9-18/h1-6,8-11,16H,7,12-15,17H2,(H,27,32)(H,28,30)(H4,25,26,29). The van der Waals surface area contributed by atoms with Crippen LogP contribution < -0.4 is 27.7 Å². The predicted molar refractivity (Wildman–Crippen MR) is 131 cm³/mol. The molecule has 1 amide bonds. The van der Waals surface area contributed by atoms with Crippen LogP contribution in [0, 0.1) is 0 Å². The fraction of sp³-hybridized carbons (Fsp3) is 0.250. The number of nitrogens with one attached hydrogen (secondary N) is 2. The lowest BCUT2D eigenvalue weighted by atomic mass is 10.1. The number of carbonyl (C=O) groups is 1. The van der Waals surface area contributed by atoms with E-state index in [1.165, 1.54) is 4.57 Å². The molecule has 0 atom stereocenters. The molecule has 172 valence electrons. The first-order valence-electron chi connectivity index (χ1n) is 10.8. The molecule has 3 rings (SSSR count). The minimum absolute atomic E-state index is 0.0180. The molecule has 33 heavy (non-hydrogen) atoms. The average molecular weight is 448 g/mol. The van der Waals surface area contributed by atoms with Gasteiger partial charge in [-0.1, -0.05) is 60.7 Å². The first-order valence-corrected chi connectivity index (χ1v) is 10.8. The monoisotopic (exact) mass is 447 g/mol. The van der Waals surface area contributed by atoms with Crippen molar-refractivity contribution in [2.45, 2.75) is 19.4 Å². The number of aromatic nitrogens is 2. The van der Waals surface area contributed by atoms with E-state index in [1.54, 1.807) is 6.20 Å². The Morgan fingerprint density at radius 3 is 2.39 bits per heavy atom. The summed E-state index contributed by atoms with van der Waals surface area (Å²) in [6.07, 6.45) is 2.96. The fourth-order valence-electron chi connectivity index (χ4n) is 3.29. The number of amides is 1. The molecule has 0 aliphatic carbocycles. The molecule has 1 heterocycles. The molecule has 0 aliphatic heterocycles. The molecule has 2 aromatic carbocycles. The number of benzene rings is 2. The van der Waals surface area contributed by atoms with E-state index in [1.807, 2.05) is 60.7 Å². The van der Waals surface area contributed by atoms with Crippen LogP contribution in [0.4, 0.5) is 5.82 Å². The Morgan fingerprint density at radius 1 is 1.00 bits per heavy atom. The molecule has 0 aliphatic rings. The maximum Gasteiger partial charge on any atom is 0.294 e. The molecule has 0 unspecified atom stereocenters. The summed E-state index contributed by atoms with van der Waals surface area (Å²) in [6, 6.07) is 19.4. The van der Waals surface area contributed by atoms with Crippen molar-refractivity contribution in [3.05, 3.63) is 82.8 Å². The van der Waals surface area contributed by atoms with E-state index in [9.17, 15) is 9.59 Å². The van der Waals surface area contributed by atoms with E-state index in [0.717, 1.165) is 17.5 Å². The topological polar surface area (TPSA) is 140 Å². The molecule has 1 aromatic heterocycles. The zero-order valence-corrected chi connectivity index (χ0v) is 18.4. The highest BCUT2D eigenvalue weighted by Crippen LogP contribution is 2.17.